The highest BCUT2D eigenvalue weighted by atomic mass is 35.5. The molecule has 2 amide bonds. The zero-order valence-electron chi connectivity index (χ0n) is 23.0. The molecular weight excluding hydrogens is 616 g/mol. The molecule has 0 saturated carbocycles. The molecule has 2 aliphatic rings. The van der Waals surface area contributed by atoms with Gasteiger partial charge in [-0.15, -0.1) is 0 Å². The number of benzene rings is 2. The minimum Gasteiger partial charge on any atom is -0.351 e. The van der Waals surface area contributed by atoms with E-state index in [4.69, 9.17) is 23.2 Å². The summed E-state index contributed by atoms with van der Waals surface area (Å²) >= 11 is 12.4. The molecule has 3 N–H and O–H groups in total. The van der Waals surface area contributed by atoms with Gasteiger partial charge >= 0.3 is 6.18 Å². The number of alkyl halides is 3. The summed E-state index contributed by atoms with van der Waals surface area (Å²) in [6.07, 6.45) is -1.69. The summed E-state index contributed by atoms with van der Waals surface area (Å²) in [5.74, 6) is -1.13. The molecule has 2 heterocycles. The summed E-state index contributed by atoms with van der Waals surface area (Å²) in [7, 11) is -3.64. The summed E-state index contributed by atoms with van der Waals surface area (Å²) in [6.45, 7) is 2.78. The van der Waals surface area contributed by atoms with Crippen molar-refractivity contribution in [3.8, 4) is 0 Å². The van der Waals surface area contributed by atoms with E-state index in [0.717, 1.165) is 31.9 Å². The second-order valence-corrected chi connectivity index (χ2v) is 13.6. The second-order valence-electron chi connectivity index (χ2n) is 10.6. The fourth-order valence-corrected chi connectivity index (χ4v) is 6.95. The predicted molar refractivity (Wildman–Crippen MR) is 154 cm³/mol. The number of likely N-dealkylation sites (tertiary alicyclic amines) is 1. The third-order valence-electron chi connectivity index (χ3n) is 7.55. The Morgan fingerprint density at radius 1 is 1.12 bits per heavy atom. The van der Waals surface area contributed by atoms with Gasteiger partial charge in [-0.25, -0.2) is 8.42 Å². The second kappa shape index (κ2) is 13.5. The lowest BCUT2D eigenvalue weighted by Gasteiger charge is -2.34. The van der Waals surface area contributed by atoms with Crippen molar-refractivity contribution >= 4 is 44.9 Å². The first-order valence-electron chi connectivity index (χ1n) is 13.7. The van der Waals surface area contributed by atoms with Gasteiger partial charge in [-0.1, -0.05) is 30.1 Å². The molecule has 2 aromatic rings. The van der Waals surface area contributed by atoms with E-state index >= 15 is 0 Å². The van der Waals surface area contributed by atoms with Crippen molar-refractivity contribution < 1.29 is 31.2 Å². The summed E-state index contributed by atoms with van der Waals surface area (Å²) in [5, 5.41) is 8.67. The molecule has 14 heteroatoms. The molecule has 42 heavy (non-hydrogen) atoms. The van der Waals surface area contributed by atoms with E-state index < -0.39 is 27.5 Å². The van der Waals surface area contributed by atoms with Crippen molar-refractivity contribution in [2.24, 2.45) is 0 Å². The lowest BCUT2D eigenvalue weighted by atomic mass is 9.99. The third-order valence-corrected chi connectivity index (χ3v) is 9.95. The Bertz CT molecular complexity index is 1430. The summed E-state index contributed by atoms with van der Waals surface area (Å²) < 4.78 is 67.5. The number of carbonyl (C=O) groups excluding carboxylic acids is 2. The molecular formula is C28H33Cl2F3N4O4S. The lowest BCUT2D eigenvalue weighted by Crippen LogP contribution is -2.51. The molecule has 4 rings (SSSR count). The molecule has 0 aliphatic carbocycles. The van der Waals surface area contributed by atoms with E-state index in [1.807, 2.05) is 4.90 Å². The van der Waals surface area contributed by atoms with Gasteiger partial charge in [0.1, 0.15) is 0 Å². The Balaban J connectivity index is 1.50. The lowest BCUT2D eigenvalue weighted by molar-refractivity contribution is -0.138. The molecule has 0 radical (unpaired) electrons. The number of hydrogen-bond donors (Lipinski definition) is 3. The average Bonchev–Trinajstić information content (AvgIpc) is 3.47. The molecule has 2 aromatic carbocycles. The number of sulfone groups is 1. The van der Waals surface area contributed by atoms with Crippen LogP contribution in [0.2, 0.25) is 10.0 Å². The van der Waals surface area contributed by atoms with Crippen LogP contribution in [0.4, 0.5) is 13.2 Å². The minimum absolute atomic E-state index is 0.0189. The quantitative estimate of drug-likeness (QED) is 0.368. The van der Waals surface area contributed by atoms with Crippen molar-refractivity contribution in [1.29, 1.82) is 0 Å². The highest BCUT2D eigenvalue weighted by Gasteiger charge is 2.36. The van der Waals surface area contributed by atoms with Crippen LogP contribution in [0, 0.1) is 0 Å². The molecule has 0 aromatic heterocycles. The summed E-state index contributed by atoms with van der Waals surface area (Å²) in [5.41, 5.74) is -1.28. The van der Waals surface area contributed by atoms with Crippen molar-refractivity contribution in [1.82, 2.24) is 20.9 Å². The largest absolute Gasteiger partial charge is 0.416 e. The molecule has 8 nitrogen and oxygen atoms in total. The fourth-order valence-electron chi connectivity index (χ4n) is 5.35. The Labute approximate surface area is 253 Å². The van der Waals surface area contributed by atoms with Gasteiger partial charge in [0, 0.05) is 41.3 Å². The fraction of sp³-hybridized carbons (Fsp3) is 0.500. The SMILES string of the molecule is CCS(=O)(=O)c1ccc(Cl)cc1CNC(=O)c1cc(Cl)c(CN2CCC[C@H](NC(=O)[C@H]3CCCN3)C2)c(C(F)(F)F)c1. The van der Waals surface area contributed by atoms with Crippen LogP contribution >= 0.6 is 23.2 Å². The van der Waals surface area contributed by atoms with Gasteiger partial charge in [0.15, 0.2) is 9.84 Å². The van der Waals surface area contributed by atoms with Crippen LogP contribution in [0.3, 0.4) is 0 Å². The monoisotopic (exact) mass is 648 g/mol. The van der Waals surface area contributed by atoms with E-state index in [1.165, 1.54) is 31.2 Å². The summed E-state index contributed by atoms with van der Waals surface area (Å²) in [6, 6.07) is 5.63. The van der Waals surface area contributed by atoms with Gasteiger partial charge in [0.05, 0.1) is 22.3 Å². The van der Waals surface area contributed by atoms with E-state index in [9.17, 15) is 31.2 Å². The Kier molecular flexibility index (Phi) is 10.5. The van der Waals surface area contributed by atoms with E-state index in [-0.39, 0.29) is 68.5 Å². The summed E-state index contributed by atoms with van der Waals surface area (Å²) in [4.78, 5) is 27.3. The molecule has 0 bridgehead atoms. The Hall–Kier alpha value is -2.38. The van der Waals surface area contributed by atoms with Crippen LogP contribution in [0.15, 0.2) is 35.2 Å². The normalized spacial score (nSPS) is 20.0. The van der Waals surface area contributed by atoms with Crippen LogP contribution < -0.4 is 16.0 Å². The van der Waals surface area contributed by atoms with Crippen molar-refractivity contribution in [3.05, 3.63) is 62.6 Å². The van der Waals surface area contributed by atoms with Crippen LogP contribution in [0.5, 0.6) is 0 Å². The predicted octanol–water partition coefficient (Wildman–Crippen LogP) is 4.57. The Morgan fingerprint density at radius 3 is 2.55 bits per heavy atom. The smallest absolute Gasteiger partial charge is 0.351 e. The minimum atomic E-state index is -4.79. The van der Waals surface area contributed by atoms with Gasteiger partial charge in [-0.3, -0.25) is 14.5 Å². The van der Waals surface area contributed by atoms with Crippen LogP contribution in [-0.2, 0) is 33.9 Å². The highest BCUT2D eigenvalue weighted by Crippen LogP contribution is 2.37. The van der Waals surface area contributed by atoms with Crippen LogP contribution in [0.1, 0.15) is 59.7 Å². The van der Waals surface area contributed by atoms with E-state index in [2.05, 4.69) is 16.0 Å². The first-order chi connectivity index (χ1) is 19.8. The van der Waals surface area contributed by atoms with Crippen molar-refractivity contribution in [2.45, 2.75) is 68.9 Å². The third kappa shape index (κ3) is 7.96. The van der Waals surface area contributed by atoms with Gasteiger partial charge in [-0.2, -0.15) is 13.2 Å². The number of nitrogens with one attached hydrogen (secondary N) is 3. The molecule has 2 saturated heterocycles. The standard InChI is InChI=1S/C28H33Cl2F3N4O4S/c1-2-42(40,41)25-8-7-19(29)11-18(25)14-35-26(38)17-12-22(28(31,32)33)21(23(30)13-17)16-37-10-4-5-20(15-37)36-27(39)24-6-3-9-34-24/h7-8,11-13,20,24,34H,2-6,9-10,14-16H2,1H3,(H,35,38)(H,36,39)/t20-,24+/m0/s1. The number of amides is 2. The molecule has 2 atom stereocenters. The molecule has 230 valence electrons. The van der Waals surface area contributed by atoms with Crippen LogP contribution in [0.25, 0.3) is 0 Å². The van der Waals surface area contributed by atoms with Crippen molar-refractivity contribution in [2.75, 3.05) is 25.4 Å². The first kappa shape index (κ1) is 32.5. The number of piperidine rings is 1. The first-order valence-corrected chi connectivity index (χ1v) is 16.1. The molecule has 0 unspecified atom stereocenters. The number of rotatable bonds is 9. The van der Waals surface area contributed by atoms with Crippen molar-refractivity contribution in [3.63, 3.8) is 0 Å². The average molecular weight is 650 g/mol. The van der Waals surface area contributed by atoms with Gasteiger partial charge in [0.2, 0.25) is 5.91 Å². The molecule has 0 spiro atoms. The maximum Gasteiger partial charge on any atom is 0.416 e. The van der Waals surface area contributed by atoms with Gasteiger partial charge in [-0.05, 0) is 80.2 Å². The molecule has 2 fully saturated rings. The molecule has 2 aliphatic heterocycles. The van der Waals surface area contributed by atoms with Gasteiger partial charge < -0.3 is 16.0 Å². The topological polar surface area (TPSA) is 108 Å². The number of nitrogens with zero attached hydrogens (tertiary/aromatic N) is 1. The number of carbonyl (C=O) groups is 2. The zero-order valence-corrected chi connectivity index (χ0v) is 25.3. The van der Waals surface area contributed by atoms with E-state index in [0.29, 0.717) is 19.5 Å². The van der Waals surface area contributed by atoms with E-state index in [1.54, 1.807) is 0 Å². The maximum absolute atomic E-state index is 14.2. The number of hydrogen-bond acceptors (Lipinski definition) is 6. The zero-order chi connectivity index (χ0) is 30.7. The Morgan fingerprint density at radius 2 is 1.88 bits per heavy atom. The maximum atomic E-state index is 14.2. The number of halogens is 5. The highest BCUT2D eigenvalue weighted by molar-refractivity contribution is 7.91. The van der Waals surface area contributed by atoms with Crippen LogP contribution in [-0.4, -0.2) is 62.6 Å². The van der Waals surface area contributed by atoms with Gasteiger partial charge in [0.25, 0.3) is 5.91 Å².